The lowest BCUT2D eigenvalue weighted by Crippen LogP contribution is -2.60. The van der Waals surface area contributed by atoms with Gasteiger partial charge in [-0.2, -0.15) is 0 Å². The van der Waals surface area contributed by atoms with E-state index in [9.17, 15) is 35.4 Å². The molecular formula is C57H111NO9. The molecule has 8 unspecified atom stereocenters. The van der Waals surface area contributed by atoms with E-state index in [1.54, 1.807) is 6.08 Å². The first kappa shape index (κ1) is 63.9. The Bertz CT molecular complexity index is 1080. The predicted octanol–water partition coefficient (Wildman–Crippen LogP) is 13.0. The summed E-state index contributed by atoms with van der Waals surface area (Å²) < 4.78 is 11.2. The van der Waals surface area contributed by atoms with Gasteiger partial charge in [0.15, 0.2) is 6.29 Å². The summed E-state index contributed by atoms with van der Waals surface area (Å²) in [6, 6.07) is -0.975. The van der Waals surface area contributed by atoms with Gasteiger partial charge in [-0.05, 0) is 19.3 Å². The number of aliphatic hydroxyl groups is 6. The second kappa shape index (κ2) is 47.2. The zero-order chi connectivity index (χ0) is 48.8. The molecule has 10 heteroatoms. The van der Waals surface area contributed by atoms with Gasteiger partial charge in [0.1, 0.15) is 30.5 Å². The standard InChI is InChI=1S/C57H111NO9/c1-3-5-7-9-11-13-15-17-18-19-20-21-22-23-24-25-26-27-28-29-30-31-32-34-36-38-40-42-44-46-51(61)56(65)58-49(48-66-57-55(64)54(63)53(62)52(47-59)67-57)50(60)45-43-41-39-37-35-33-16-14-12-10-8-6-4-2/h43,45,49-55,57,59-64H,3-42,44,46-48H2,1-2H3,(H,58,65)/b45-43+. The van der Waals surface area contributed by atoms with Crippen LogP contribution >= 0.6 is 0 Å². The summed E-state index contributed by atoms with van der Waals surface area (Å²) in [4.78, 5) is 13.1. The van der Waals surface area contributed by atoms with Gasteiger partial charge in [-0.25, -0.2) is 0 Å². The second-order valence-corrected chi connectivity index (χ2v) is 20.6. The highest BCUT2D eigenvalue weighted by Gasteiger charge is 2.44. The molecule has 7 N–H and O–H groups in total. The lowest BCUT2D eigenvalue weighted by molar-refractivity contribution is -0.302. The summed E-state index contributed by atoms with van der Waals surface area (Å²) in [6.07, 6.45) is 47.6. The monoisotopic (exact) mass is 954 g/mol. The Balaban J connectivity index is 2.17. The van der Waals surface area contributed by atoms with Gasteiger partial charge < -0.3 is 45.4 Å². The average molecular weight is 955 g/mol. The van der Waals surface area contributed by atoms with Crippen molar-refractivity contribution in [1.82, 2.24) is 5.32 Å². The van der Waals surface area contributed by atoms with E-state index in [0.29, 0.717) is 6.42 Å². The molecule has 0 aromatic heterocycles. The Labute approximate surface area is 412 Å². The number of ether oxygens (including phenoxy) is 2. The number of unbranched alkanes of at least 4 members (excludes halogenated alkanes) is 39. The van der Waals surface area contributed by atoms with Crippen LogP contribution in [-0.4, -0.2) is 98.7 Å². The van der Waals surface area contributed by atoms with Gasteiger partial charge in [-0.3, -0.25) is 4.79 Å². The minimum atomic E-state index is -1.61. The predicted molar refractivity (Wildman–Crippen MR) is 278 cm³/mol. The Morgan fingerprint density at radius 2 is 0.851 bits per heavy atom. The van der Waals surface area contributed by atoms with Crippen molar-refractivity contribution >= 4 is 5.91 Å². The molecule has 1 aliphatic heterocycles. The highest BCUT2D eigenvalue weighted by Crippen LogP contribution is 2.23. The van der Waals surface area contributed by atoms with Gasteiger partial charge in [0.25, 0.3) is 0 Å². The van der Waals surface area contributed by atoms with Gasteiger partial charge in [0, 0.05) is 0 Å². The van der Waals surface area contributed by atoms with Crippen LogP contribution in [-0.2, 0) is 14.3 Å². The van der Waals surface area contributed by atoms with Crippen molar-refractivity contribution in [3.63, 3.8) is 0 Å². The van der Waals surface area contributed by atoms with Crippen molar-refractivity contribution in [2.24, 2.45) is 0 Å². The molecule has 1 amide bonds. The average Bonchev–Trinajstić information content (AvgIpc) is 3.33. The molecule has 0 bridgehead atoms. The quantitative estimate of drug-likeness (QED) is 0.0232. The first-order valence-electron chi connectivity index (χ1n) is 29.0. The summed E-state index contributed by atoms with van der Waals surface area (Å²) in [7, 11) is 0. The number of aliphatic hydroxyl groups excluding tert-OH is 6. The van der Waals surface area contributed by atoms with E-state index < -0.39 is 61.5 Å². The normalized spacial score (nSPS) is 20.1. The van der Waals surface area contributed by atoms with E-state index in [-0.39, 0.29) is 6.61 Å². The third-order valence-electron chi connectivity index (χ3n) is 14.2. The number of rotatable bonds is 50. The van der Waals surface area contributed by atoms with E-state index in [1.165, 1.54) is 218 Å². The first-order chi connectivity index (χ1) is 32.8. The number of nitrogens with one attached hydrogen (secondary N) is 1. The summed E-state index contributed by atoms with van der Waals surface area (Å²) >= 11 is 0. The van der Waals surface area contributed by atoms with Crippen LogP contribution in [0, 0.1) is 0 Å². The molecule has 1 heterocycles. The summed E-state index contributed by atoms with van der Waals surface area (Å²) in [5.74, 6) is -0.611. The van der Waals surface area contributed by atoms with Gasteiger partial charge in [0.05, 0.1) is 25.4 Å². The fraction of sp³-hybridized carbons (Fsp3) is 0.947. The van der Waals surface area contributed by atoms with Gasteiger partial charge in [-0.1, -0.05) is 276 Å². The molecule has 0 aromatic carbocycles. The van der Waals surface area contributed by atoms with Crippen molar-refractivity contribution in [3.05, 3.63) is 12.2 Å². The maximum absolute atomic E-state index is 13.1. The Morgan fingerprint density at radius 1 is 0.507 bits per heavy atom. The Kier molecular flexibility index (Phi) is 45.0. The molecule has 0 radical (unpaired) electrons. The fourth-order valence-electron chi connectivity index (χ4n) is 9.52. The zero-order valence-corrected chi connectivity index (χ0v) is 43.8. The number of amides is 1. The SMILES string of the molecule is CCCCCCCCCCCCC/C=C/C(O)C(COC1OC(CO)C(O)C(O)C1O)NC(=O)C(O)CCCCCCCCCCCCCCCCCCCCCCCCCCCCCCC. The Hall–Kier alpha value is -1.11. The molecule has 1 saturated heterocycles. The molecule has 10 nitrogen and oxygen atoms in total. The van der Waals surface area contributed by atoms with Crippen molar-refractivity contribution in [1.29, 1.82) is 0 Å². The van der Waals surface area contributed by atoms with Crippen LogP contribution < -0.4 is 5.32 Å². The van der Waals surface area contributed by atoms with Crippen LogP contribution in [0.3, 0.4) is 0 Å². The van der Waals surface area contributed by atoms with Gasteiger partial charge in [-0.15, -0.1) is 0 Å². The van der Waals surface area contributed by atoms with Crippen LogP contribution in [0.2, 0.25) is 0 Å². The lowest BCUT2D eigenvalue weighted by atomic mass is 9.99. The smallest absolute Gasteiger partial charge is 0.249 e. The Morgan fingerprint density at radius 3 is 1.21 bits per heavy atom. The largest absolute Gasteiger partial charge is 0.394 e. The number of carbonyl (C=O) groups is 1. The molecular weight excluding hydrogens is 843 g/mol. The lowest BCUT2D eigenvalue weighted by Gasteiger charge is -2.40. The highest BCUT2D eigenvalue weighted by atomic mass is 16.7. The van der Waals surface area contributed by atoms with E-state index in [2.05, 4.69) is 19.2 Å². The molecule has 0 aromatic rings. The number of hydrogen-bond acceptors (Lipinski definition) is 9. The van der Waals surface area contributed by atoms with E-state index in [1.807, 2.05) is 6.08 Å². The van der Waals surface area contributed by atoms with Crippen molar-refractivity contribution in [2.45, 2.75) is 332 Å². The van der Waals surface area contributed by atoms with Crippen LogP contribution in [0.4, 0.5) is 0 Å². The molecule has 0 spiro atoms. The molecule has 0 saturated carbocycles. The molecule has 1 aliphatic rings. The molecule has 1 rings (SSSR count). The van der Waals surface area contributed by atoms with Crippen molar-refractivity contribution < 1.29 is 44.9 Å². The maximum Gasteiger partial charge on any atom is 0.249 e. The molecule has 0 aliphatic carbocycles. The van der Waals surface area contributed by atoms with Crippen LogP contribution in [0.5, 0.6) is 0 Å². The zero-order valence-electron chi connectivity index (χ0n) is 43.8. The molecule has 8 atom stereocenters. The van der Waals surface area contributed by atoms with Crippen LogP contribution in [0.15, 0.2) is 12.2 Å². The molecule has 67 heavy (non-hydrogen) atoms. The summed E-state index contributed by atoms with van der Waals surface area (Å²) in [5.41, 5.74) is 0. The van der Waals surface area contributed by atoms with Crippen LogP contribution in [0.1, 0.15) is 284 Å². The third kappa shape index (κ3) is 36.5. The van der Waals surface area contributed by atoms with Crippen molar-refractivity contribution in [3.8, 4) is 0 Å². The van der Waals surface area contributed by atoms with E-state index in [4.69, 9.17) is 9.47 Å². The second-order valence-electron chi connectivity index (χ2n) is 20.6. The van der Waals surface area contributed by atoms with Crippen molar-refractivity contribution in [2.75, 3.05) is 13.2 Å². The number of hydrogen-bond donors (Lipinski definition) is 7. The molecule has 398 valence electrons. The van der Waals surface area contributed by atoms with Gasteiger partial charge in [0.2, 0.25) is 5.91 Å². The fourth-order valence-corrected chi connectivity index (χ4v) is 9.52. The maximum atomic E-state index is 13.1. The summed E-state index contributed by atoms with van der Waals surface area (Å²) in [5, 5.41) is 64.9. The minimum Gasteiger partial charge on any atom is -0.394 e. The van der Waals surface area contributed by atoms with Crippen LogP contribution in [0.25, 0.3) is 0 Å². The van der Waals surface area contributed by atoms with E-state index in [0.717, 1.165) is 44.9 Å². The highest BCUT2D eigenvalue weighted by molar-refractivity contribution is 5.80. The third-order valence-corrected chi connectivity index (χ3v) is 14.2. The minimum absolute atomic E-state index is 0.301. The van der Waals surface area contributed by atoms with Gasteiger partial charge >= 0.3 is 0 Å². The van der Waals surface area contributed by atoms with E-state index >= 15 is 0 Å². The topological polar surface area (TPSA) is 169 Å². The summed E-state index contributed by atoms with van der Waals surface area (Å²) in [6.45, 7) is 3.64. The molecule has 1 fully saturated rings. The number of carbonyl (C=O) groups excluding carboxylic acids is 1. The number of allylic oxidation sites excluding steroid dienone is 1. The first-order valence-corrected chi connectivity index (χ1v) is 29.0.